The number of nitrogens with one attached hydrogen (secondary N) is 1. The number of hydrogen-bond donors (Lipinski definition) is 1. The fourth-order valence-corrected chi connectivity index (χ4v) is 3.61. The van der Waals surface area contributed by atoms with Crippen molar-refractivity contribution in [1.82, 2.24) is 0 Å². The van der Waals surface area contributed by atoms with E-state index in [9.17, 15) is 9.59 Å². The maximum Gasteiger partial charge on any atom is 0.255 e. The highest BCUT2D eigenvalue weighted by atomic mass is 32.2. The maximum absolute atomic E-state index is 12.5. The summed E-state index contributed by atoms with van der Waals surface area (Å²) in [6.45, 7) is 0. The predicted molar refractivity (Wildman–Crippen MR) is 122 cm³/mol. The molecular formula is C24H23NO5S. The molecule has 0 spiro atoms. The molecule has 160 valence electrons. The van der Waals surface area contributed by atoms with Gasteiger partial charge < -0.3 is 19.5 Å². The molecule has 0 aliphatic rings. The molecule has 0 aliphatic carbocycles. The molecule has 0 saturated carbocycles. The average molecular weight is 438 g/mol. The zero-order valence-corrected chi connectivity index (χ0v) is 18.3. The molecule has 1 amide bonds. The fourth-order valence-electron chi connectivity index (χ4n) is 2.82. The van der Waals surface area contributed by atoms with Gasteiger partial charge in [-0.3, -0.25) is 9.59 Å². The second-order valence-electron chi connectivity index (χ2n) is 6.49. The number of ketones is 1. The summed E-state index contributed by atoms with van der Waals surface area (Å²) in [5.41, 5.74) is 1.78. The van der Waals surface area contributed by atoms with Crippen molar-refractivity contribution in [3.8, 4) is 17.2 Å². The second-order valence-corrected chi connectivity index (χ2v) is 7.54. The summed E-state index contributed by atoms with van der Waals surface area (Å²) in [4.78, 5) is 25.8. The first-order chi connectivity index (χ1) is 15.0. The summed E-state index contributed by atoms with van der Waals surface area (Å²) in [5.74, 6) is 1.87. The van der Waals surface area contributed by atoms with Crippen LogP contribution in [0.1, 0.15) is 20.7 Å². The molecule has 0 aromatic heterocycles. The van der Waals surface area contributed by atoms with Gasteiger partial charge in [0.15, 0.2) is 17.3 Å². The maximum atomic E-state index is 12.5. The number of carbonyl (C=O) groups is 2. The zero-order valence-electron chi connectivity index (χ0n) is 17.5. The molecule has 3 aromatic carbocycles. The Morgan fingerprint density at radius 3 is 2.03 bits per heavy atom. The Kier molecular flexibility index (Phi) is 7.56. The van der Waals surface area contributed by atoms with Crippen molar-refractivity contribution in [2.75, 3.05) is 32.4 Å². The van der Waals surface area contributed by atoms with Crippen LogP contribution >= 0.6 is 11.8 Å². The van der Waals surface area contributed by atoms with Crippen molar-refractivity contribution < 1.29 is 23.8 Å². The number of amides is 1. The zero-order chi connectivity index (χ0) is 22.2. The van der Waals surface area contributed by atoms with Crippen molar-refractivity contribution in [2.45, 2.75) is 4.90 Å². The summed E-state index contributed by atoms with van der Waals surface area (Å²) in [6.07, 6.45) is 0. The van der Waals surface area contributed by atoms with E-state index in [1.165, 1.54) is 18.9 Å². The van der Waals surface area contributed by atoms with Crippen LogP contribution in [-0.4, -0.2) is 38.8 Å². The van der Waals surface area contributed by atoms with Crippen LogP contribution in [-0.2, 0) is 0 Å². The van der Waals surface area contributed by atoms with Gasteiger partial charge in [0, 0.05) is 21.7 Å². The molecule has 0 atom stereocenters. The summed E-state index contributed by atoms with van der Waals surface area (Å²) in [7, 11) is 4.67. The van der Waals surface area contributed by atoms with Crippen LogP contribution < -0.4 is 19.5 Å². The van der Waals surface area contributed by atoms with Gasteiger partial charge in [-0.2, -0.15) is 0 Å². The SMILES string of the molecule is COc1ccc(C(=O)Nc2ccc(SCC(=O)c3ccc(OC)c(OC)c3)cc2)cc1. The van der Waals surface area contributed by atoms with E-state index in [0.29, 0.717) is 34.1 Å². The lowest BCUT2D eigenvalue weighted by Gasteiger charge is -2.09. The number of rotatable bonds is 9. The van der Waals surface area contributed by atoms with E-state index in [0.717, 1.165) is 4.90 Å². The van der Waals surface area contributed by atoms with Crippen LogP contribution in [0.3, 0.4) is 0 Å². The monoisotopic (exact) mass is 437 g/mol. The van der Waals surface area contributed by atoms with Crippen LogP contribution in [0.15, 0.2) is 71.6 Å². The lowest BCUT2D eigenvalue weighted by atomic mass is 10.1. The summed E-state index contributed by atoms with van der Waals surface area (Å²) in [5, 5.41) is 2.86. The molecule has 3 rings (SSSR count). The molecule has 0 aliphatic heterocycles. The van der Waals surface area contributed by atoms with E-state index < -0.39 is 0 Å². The first kappa shape index (κ1) is 22.2. The van der Waals surface area contributed by atoms with Crippen molar-refractivity contribution in [1.29, 1.82) is 0 Å². The molecule has 31 heavy (non-hydrogen) atoms. The van der Waals surface area contributed by atoms with Gasteiger partial charge in [0.05, 0.1) is 27.1 Å². The molecule has 7 heteroatoms. The van der Waals surface area contributed by atoms with E-state index in [2.05, 4.69) is 5.32 Å². The molecule has 0 saturated heterocycles. The molecular weight excluding hydrogens is 414 g/mol. The number of hydrogen-bond acceptors (Lipinski definition) is 6. The van der Waals surface area contributed by atoms with Crippen LogP contribution in [0.4, 0.5) is 5.69 Å². The highest BCUT2D eigenvalue weighted by molar-refractivity contribution is 8.00. The van der Waals surface area contributed by atoms with Gasteiger partial charge in [0.2, 0.25) is 0 Å². The summed E-state index contributed by atoms with van der Waals surface area (Å²) >= 11 is 1.43. The second kappa shape index (κ2) is 10.5. The van der Waals surface area contributed by atoms with Crippen LogP contribution in [0.25, 0.3) is 0 Å². The molecule has 3 aromatic rings. The van der Waals surface area contributed by atoms with Gasteiger partial charge in [-0.25, -0.2) is 0 Å². The topological polar surface area (TPSA) is 73.9 Å². The Bertz CT molecular complexity index is 1050. The molecule has 1 N–H and O–H groups in total. The first-order valence-corrected chi connectivity index (χ1v) is 10.5. The van der Waals surface area contributed by atoms with Crippen molar-refractivity contribution >= 4 is 29.1 Å². The standard InChI is InChI=1S/C24H23NO5S/c1-28-19-9-4-16(5-10-19)24(27)25-18-7-11-20(12-8-18)31-15-21(26)17-6-13-22(29-2)23(14-17)30-3/h4-14H,15H2,1-3H3,(H,25,27). The highest BCUT2D eigenvalue weighted by Crippen LogP contribution is 2.29. The number of thioether (sulfide) groups is 1. The summed E-state index contributed by atoms with van der Waals surface area (Å²) in [6, 6.07) is 19.4. The van der Waals surface area contributed by atoms with E-state index >= 15 is 0 Å². The minimum absolute atomic E-state index is 0.0113. The van der Waals surface area contributed by atoms with Gasteiger partial charge in [0.25, 0.3) is 5.91 Å². The molecule has 0 unspecified atom stereocenters. The largest absolute Gasteiger partial charge is 0.497 e. The van der Waals surface area contributed by atoms with Gasteiger partial charge in [-0.15, -0.1) is 11.8 Å². The third kappa shape index (κ3) is 5.79. The average Bonchev–Trinajstić information content (AvgIpc) is 2.82. The van der Waals surface area contributed by atoms with Crippen molar-refractivity contribution in [2.24, 2.45) is 0 Å². The highest BCUT2D eigenvalue weighted by Gasteiger charge is 2.12. The molecule has 6 nitrogen and oxygen atoms in total. The molecule has 0 bridgehead atoms. The fraction of sp³-hybridized carbons (Fsp3) is 0.167. The van der Waals surface area contributed by atoms with E-state index in [4.69, 9.17) is 14.2 Å². The molecule has 0 radical (unpaired) electrons. The Balaban J connectivity index is 1.56. The van der Waals surface area contributed by atoms with E-state index in [1.54, 1.807) is 56.7 Å². The van der Waals surface area contributed by atoms with Gasteiger partial charge in [-0.1, -0.05) is 0 Å². The Hall–Kier alpha value is -3.45. The van der Waals surface area contributed by atoms with E-state index in [1.807, 2.05) is 24.3 Å². The van der Waals surface area contributed by atoms with Gasteiger partial charge in [0.1, 0.15) is 5.75 Å². The molecule has 0 heterocycles. The number of carbonyl (C=O) groups excluding carboxylic acids is 2. The number of ether oxygens (including phenoxy) is 3. The normalized spacial score (nSPS) is 10.3. The van der Waals surface area contributed by atoms with Gasteiger partial charge in [-0.05, 0) is 66.7 Å². The van der Waals surface area contributed by atoms with Crippen LogP contribution in [0.5, 0.6) is 17.2 Å². The number of Topliss-reactive ketones (excluding diaryl/α,β-unsaturated/α-hetero) is 1. The van der Waals surface area contributed by atoms with Crippen molar-refractivity contribution in [3.05, 3.63) is 77.9 Å². The Labute approximate surface area is 185 Å². The Morgan fingerprint density at radius 2 is 1.42 bits per heavy atom. The minimum atomic E-state index is -0.202. The lowest BCUT2D eigenvalue weighted by molar-refractivity contribution is 0.101. The minimum Gasteiger partial charge on any atom is -0.497 e. The quantitative estimate of drug-likeness (QED) is 0.378. The Morgan fingerprint density at radius 1 is 0.774 bits per heavy atom. The van der Waals surface area contributed by atoms with Crippen LogP contribution in [0, 0.1) is 0 Å². The molecule has 0 fully saturated rings. The number of benzene rings is 3. The third-order valence-electron chi connectivity index (χ3n) is 4.54. The predicted octanol–water partition coefficient (Wildman–Crippen LogP) is 4.94. The third-order valence-corrected chi connectivity index (χ3v) is 5.55. The smallest absolute Gasteiger partial charge is 0.255 e. The van der Waals surface area contributed by atoms with Gasteiger partial charge >= 0.3 is 0 Å². The summed E-state index contributed by atoms with van der Waals surface area (Å²) < 4.78 is 15.6. The van der Waals surface area contributed by atoms with Crippen molar-refractivity contribution in [3.63, 3.8) is 0 Å². The number of anilines is 1. The van der Waals surface area contributed by atoms with Crippen LogP contribution in [0.2, 0.25) is 0 Å². The lowest BCUT2D eigenvalue weighted by Crippen LogP contribution is -2.11. The first-order valence-electron chi connectivity index (χ1n) is 9.47. The number of methoxy groups -OCH3 is 3. The van der Waals surface area contributed by atoms with E-state index in [-0.39, 0.29) is 17.4 Å².